The Bertz CT molecular complexity index is 1340. The van der Waals surface area contributed by atoms with E-state index in [1.165, 1.54) is 0 Å². The van der Waals surface area contributed by atoms with Gasteiger partial charge < -0.3 is 14.6 Å². The van der Waals surface area contributed by atoms with Crippen molar-refractivity contribution in [2.75, 3.05) is 5.75 Å². The van der Waals surface area contributed by atoms with Crippen LogP contribution in [-0.2, 0) is 17.6 Å². The summed E-state index contributed by atoms with van der Waals surface area (Å²) in [6.45, 7) is 1.82. The molecular weight excluding hydrogens is 520 g/mol. The smallest absolute Gasteiger partial charge is 0.389 e. The van der Waals surface area contributed by atoms with Gasteiger partial charge >= 0.3 is 6.18 Å². The Morgan fingerprint density at radius 1 is 1.11 bits per heavy atom. The molecule has 4 aromatic rings. The lowest BCUT2D eigenvalue weighted by atomic mass is 9.96. The first-order valence-corrected chi connectivity index (χ1v) is 12.9. The Morgan fingerprint density at radius 2 is 1.80 bits per heavy atom. The minimum absolute atomic E-state index is 0.176. The summed E-state index contributed by atoms with van der Waals surface area (Å²) in [4.78, 5) is 8.16. The van der Waals surface area contributed by atoms with Gasteiger partial charge in [-0.15, -0.1) is 0 Å². The van der Waals surface area contributed by atoms with Gasteiger partial charge in [0.15, 0.2) is 4.90 Å². The molecule has 0 radical (unpaired) electrons. The first kappa shape index (κ1) is 25.9. The molecule has 0 saturated carbocycles. The molecule has 0 aliphatic rings. The van der Waals surface area contributed by atoms with E-state index in [1.54, 1.807) is 54.6 Å². The third-order valence-electron chi connectivity index (χ3n) is 5.63. The second-order valence-electron chi connectivity index (χ2n) is 7.94. The fourth-order valence-electron chi connectivity index (χ4n) is 3.86. The van der Waals surface area contributed by atoms with Crippen molar-refractivity contribution in [1.29, 1.82) is 0 Å². The molecular formula is C25H21Cl2F3N2O2S. The van der Waals surface area contributed by atoms with E-state index in [9.17, 15) is 22.8 Å². The summed E-state index contributed by atoms with van der Waals surface area (Å²) in [7, 11) is 0. The molecule has 3 aromatic carbocycles. The predicted molar refractivity (Wildman–Crippen MR) is 133 cm³/mol. The van der Waals surface area contributed by atoms with Crippen molar-refractivity contribution < 1.29 is 22.8 Å². The number of alkyl halides is 3. The van der Waals surface area contributed by atoms with Gasteiger partial charge in [-0.1, -0.05) is 59.6 Å². The number of aryl methyl sites for hydroxylation is 1. The molecule has 10 heteroatoms. The third-order valence-corrected chi connectivity index (χ3v) is 7.62. The Morgan fingerprint density at radius 3 is 2.46 bits per heavy atom. The Labute approximate surface area is 213 Å². The highest BCUT2D eigenvalue weighted by molar-refractivity contribution is 7.91. The maximum Gasteiger partial charge on any atom is 0.389 e. The number of fused-ring (bicyclic) bond motifs is 1. The molecule has 0 amide bonds. The van der Waals surface area contributed by atoms with Gasteiger partial charge in [0.05, 0.1) is 15.6 Å². The van der Waals surface area contributed by atoms with E-state index >= 15 is 0 Å². The summed E-state index contributed by atoms with van der Waals surface area (Å²) in [6, 6.07) is 15.0. The van der Waals surface area contributed by atoms with Crippen molar-refractivity contribution in [2.45, 2.75) is 36.9 Å². The van der Waals surface area contributed by atoms with Crippen LogP contribution >= 0.6 is 23.2 Å². The zero-order valence-electron chi connectivity index (χ0n) is 18.5. The van der Waals surface area contributed by atoms with Crippen LogP contribution in [0.25, 0.3) is 22.2 Å². The summed E-state index contributed by atoms with van der Waals surface area (Å²) in [5.41, 5.74) is 2.72. The maximum atomic E-state index is 12.8. The van der Waals surface area contributed by atoms with E-state index in [4.69, 9.17) is 23.2 Å². The molecule has 4 rings (SSSR count). The molecule has 0 fully saturated rings. The highest BCUT2D eigenvalue weighted by atomic mass is 35.5. The monoisotopic (exact) mass is 540 g/mol. The molecule has 1 heterocycles. The Balaban J connectivity index is 1.72. The molecule has 35 heavy (non-hydrogen) atoms. The average molecular weight is 541 g/mol. The van der Waals surface area contributed by atoms with Gasteiger partial charge in [0.2, 0.25) is 0 Å². The van der Waals surface area contributed by atoms with E-state index in [1.807, 2.05) is 6.92 Å². The number of hydrogen-bond acceptors (Lipinski definition) is 3. The van der Waals surface area contributed by atoms with Crippen molar-refractivity contribution >= 4 is 45.4 Å². The van der Waals surface area contributed by atoms with Crippen LogP contribution in [0.4, 0.5) is 13.2 Å². The molecule has 0 spiro atoms. The molecule has 1 aromatic heterocycles. The first-order valence-electron chi connectivity index (χ1n) is 10.8. The van der Waals surface area contributed by atoms with E-state index in [-0.39, 0.29) is 22.3 Å². The molecule has 2 N–H and O–H groups in total. The van der Waals surface area contributed by atoms with Crippen LogP contribution < -0.4 is 0 Å². The summed E-state index contributed by atoms with van der Waals surface area (Å²) in [6.07, 6.45) is -6.58. The van der Waals surface area contributed by atoms with E-state index in [2.05, 4.69) is 9.97 Å². The number of rotatable bonds is 7. The van der Waals surface area contributed by atoms with Gasteiger partial charge in [-0.3, -0.25) is 0 Å². The number of imidazole rings is 1. The van der Waals surface area contributed by atoms with Gasteiger partial charge in [-0.2, -0.15) is 13.2 Å². The normalized spacial score (nSPS) is 13.8. The van der Waals surface area contributed by atoms with Gasteiger partial charge in [-0.25, -0.2) is 4.98 Å². The third kappa shape index (κ3) is 5.62. The number of aromatic nitrogens is 2. The molecule has 0 aliphatic carbocycles. The van der Waals surface area contributed by atoms with Crippen molar-refractivity contribution in [1.82, 2.24) is 9.97 Å². The van der Waals surface area contributed by atoms with Crippen LogP contribution in [-0.4, -0.2) is 31.6 Å². The number of hydrogen-bond donors (Lipinski definition) is 2. The van der Waals surface area contributed by atoms with E-state index in [0.717, 1.165) is 0 Å². The number of H-pyrrole nitrogens is 1. The van der Waals surface area contributed by atoms with Gasteiger partial charge in [-0.05, 0) is 59.4 Å². The summed E-state index contributed by atoms with van der Waals surface area (Å²) >= 11 is 12.1. The largest absolute Gasteiger partial charge is 0.611 e. The number of nitrogens with zero attached hydrogens (tertiary/aromatic N) is 1. The summed E-state index contributed by atoms with van der Waals surface area (Å²) in [5, 5.41) is 11.3. The van der Waals surface area contributed by atoms with Crippen LogP contribution in [0.1, 0.15) is 36.4 Å². The van der Waals surface area contributed by atoms with E-state index in [0.29, 0.717) is 43.9 Å². The van der Waals surface area contributed by atoms with Gasteiger partial charge in [0.1, 0.15) is 23.2 Å². The standard InChI is InChI=1S/C25H21Cl2F3N2O2S/c1-2-35(34)16-9-7-15(8-10-16)23(33)24-31-19-13-18(26)20(21(27)22(19)32-24)17-6-4-3-5-14(17)11-12-25(28,29)30/h3-10,13,23,33H,2,11-12H2,1H3,(H,31,32). The molecule has 0 aliphatic heterocycles. The number of nitrogens with one attached hydrogen (secondary N) is 1. The average Bonchev–Trinajstić information content (AvgIpc) is 3.26. The van der Waals surface area contributed by atoms with Crippen molar-refractivity contribution in [3.8, 4) is 11.1 Å². The van der Waals surface area contributed by atoms with Crippen LogP contribution in [0.5, 0.6) is 0 Å². The summed E-state index contributed by atoms with van der Waals surface area (Å²) < 4.78 is 50.5. The van der Waals surface area contributed by atoms with Crippen molar-refractivity contribution in [2.24, 2.45) is 0 Å². The van der Waals surface area contributed by atoms with Crippen molar-refractivity contribution in [3.05, 3.63) is 81.6 Å². The zero-order valence-corrected chi connectivity index (χ0v) is 20.8. The number of aliphatic hydroxyl groups is 1. The van der Waals surface area contributed by atoms with Gasteiger partial charge in [0.25, 0.3) is 0 Å². The minimum Gasteiger partial charge on any atom is -0.611 e. The van der Waals surface area contributed by atoms with E-state index < -0.39 is 29.9 Å². The molecule has 2 atom stereocenters. The highest BCUT2D eigenvalue weighted by Gasteiger charge is 2.28. The lowest BCUT2D eigenvalue weighted by Crippen LogP contribution is -2.09. The molecule has 184 valence electrons. The Kier molecular flexibility index (Phi) is 7.68. The summed E-state index contributed by atoms with van der Waals surface area (Å²) in [5.74, 6) is 0.719. The maximum absolute atomic E-state index is 12.8. The first-order chi connectivity index (χ1) is 16.6. The number of benzene rings is 3. The lowest BCUT2D eigenvalue weighted by molar-refractivity contribution is -0.133. The number of aliphatic hydroxyl groups excluding tert-OH is 1. The quantitative estimate of drug-likeness (QED) is 0.242. The van der Waals surface area contributed by atoms with Crippen LogP contribution in [0.2, 0.25) is 10.0 Å². The predicted octanol–water partition coefficient (Wildman–Crippen LogP) is 7.24. The molecule has 4 nitrogen and oxygen atoms in total. The topological polar surface area (TPSA) is 72.0 Å². The van der Waals surface area contributed by atoms with Crippen LogP contribution in [0.15, 0.2) is 59.5 Å². The number of aromatic amines is 1. The SMILES string of the molecule is CC[S+]([O-])c1ccc(C(O)c2nc3c(Cl)c(-c4ccccc4CCC(F)(F)F)c(Cl)cc3[nH]2)cc1. The highest BCUT2D eigenvalue weighted by Crippen LogP contribution is 2.42. The van der Waals surface area contributed by atoms with Gasteiger partial charge in [0, 0.05) is 12.0 Å². The molecule has 0 saturated heterocycles. The Hall–Kier alpha value is -2.23. The van der Waals surface area contributed by atoms with Crippen LogP contribution in [0.3, 0.4) is 0 Å². The van der Waals surface area contributed by atoms with Crippen LogP contribution in [0, 0.1) is 0 Å². The minimum atomic E-state index is -4.29. The molecule has 2 unspecified atom stereocenters. The second-order valence-corrected chi connectivity index (χ2v) is 10.5. The fraction of sp³-hybridized carbons (Fsp3) is 0.240. The lowest BCUT2D eigenvalue weighted by Gasteiger charge is -2.14. The zero-order chi connectivity index (χ0) is 25.3. The van der Waals surface area contributed by atoms with Crippen molar-refractivity contribution in [3.63, 3.8) is 0 Å². The molecule has 0 bridgehead atoms. The fourth-order valence-corrected chi connectivity index (χ4v) is 5.34. The second kappa shape index (κ2) is 10.4. The number of halogens is 5.